The number of aryl methyl sites for hydroxylation is 1. The first kappa shape index (κ1) is 13.2. The Morgan fingerprint density at radius 2 is 2.25 bits per heavy atom. The molecule has 0 aliphatic heterocycles. The van der Waals surface area contributed by atoms with Gasteiger partial charge in [0.25, 0.3) is 0 Å². The molecule has 1 heterocycles. The first-order valence-corrected chi connectivity index (χ1v) is 6.01. The second kappa shape index (κ2) is 6.63. The summed E-state index contributed by atoms with van der Waals surface area (Å²) < 4.78 is 13.7. The number of nitrogens with zero attached hydrogens (tertiary/aromatic N) is 2. The molecule has 0 fully saturated rings. The predicted octanol–water partition coefficient (Wildman–Crippen LogP) is 2.86. The summed E-state index contributed by atoms with van der Waals surface area (Å²) in [5.74, 6) is 0.961. The fourth-order valence-electron chi connectivity index (χ4n) is 1.34. The van der Waals surface area contributed by atoms with Crippen molar-refractivity contribution in [1.82, 2.24) is 9.97 Å². The van der Waals surface area contributed by atoms with Gasteiger partial charge in [-0.15, -0.1) is 11.6 Å². The third-order valence-corrected chi connectivity index (χ3v) is 2.63. The van der Waals surface area contributed by atoms with E-state index in [2.05, 4.69) is 22.2 Å². The highest BCUT2D eigenvalue weighted by molar-refractivity contribution is 6.17. The second-order valence-corrected chi connectivity index (χ2v) is 4.18. The fraction of sp³-hybridized carbons (Fsp3) is 0.636. The van der Waals surface area contributed by atoms with Gasteiger partial charge in [0.2, 0.25) is 0 Å². The average Bonchev–Trinajstić information content (AvgIpc) is 2.28. The van der Waals surface area contributed by atoms with Crippen LogP contribution in [0.4, 0.5) is 10.2 Å². The molecule has 1 N–H and O–H groups in total. The quantitative estimate of drug-likeness (QED) is 0.784. The van der Waals surface area contributed by atoms with E-state index >= 15 is 0 Å². The summed E-state index contributed by atoms with van der Waals surface area (Å²) in [5, 5.41) is 2.99. The molecule has 3 nitrogen and oxygen atoms in total. The molecular formula is C11H17ClFN3. The third-order valence-electron chi connectivity index (χ3n) is 2.42. The maximum Gasteiger partial charge on any atom is 0.186 e. The lowest BCUT2D eigenvalue weighted by molar-refractivity contribution is 0.575. The number of anilines is 1. The molecule has 0 spiro atoms. The van der Waals surface area contributed by atoms with Crippen molar-refractivity contribution in [3.63, 3.8) is 0 Å². The van der Waals surface area contributed by atoms with Gasteiger partial charge < -0.3 is 5.32 Å². The van der Waals surface area contributed by atoms with Crippen molar-refractivity contribution in [2.24, 2.45) is 5.92 Å². The van der Waals surface area contributed by atoms with E-state index < -0.39 is 0 Å². The van der Waals surface area contributed by atoms with Crippen molar-refractivity contribution in [2.75, 3.05) is 17.7 Å². The number of alkyl halides is 1. The smallest absolute Gasteiger partial charge is 0.186 e. The van der Waals surface area contributed by atoms with Gasteiger partial charge in [-0.1, -0.05) is 13.8 Å². The summed E-state index contributed by atoms with van der Waals surface area (Å²) in [6.45, 7) is 4.60. The Balaban J connectivity index is 2.60. The van der Waals surface area contributed by atoms with Crippen LogP contribution in [0, 0.1) is 11.7 Å². The number of rotatable bonds is 6. The van der Waals surface area contributed by atoms with Crippen LogP contribution in [0.5, 0.6) is 0 Å². The largest absolute Gasteiger partial charge is 0.367 e. The van der Waals surface area contributed by atoms with Gasteiger partial charge in [0.05, 0.1) is 5.69 Å². The monoisotopic (exact) mass is 245 g/mol. The van der Waals surface area contributed by atoms with Crippen molar-refractivity contribution >= 4 is 17.4 Å². The van der Waals surface area contributed by atoms with Crippen LogP contribution in [-0.2, 0) is 6.42 Å². The number of nitrogens with one attached hydrogen (secondary N) is 1. The average molecular weight is 246 g/mol. The van der Waals surface area contributed by atoms with Gasteiger partial charge in [-0.2, -0.15) is 0 Å². The standard InChI is InChI=1S/C11H17ClFN3/c1-3-9-10(13)11(16-7-15-9)14-6-8(2)4-5-12/h7-8H,3-6H2,1-2H3,(H,14,15,16). The molecule has 0 aliphatic carbocycles. The maximum absolute atomic E-state index is 13.7. The van der Waals surface area contributed by atoms with Gasteiger partial charge in [0.15, 0.2) is 11.6 Å². The number of aromatic nitrogens is 2. The molecule has 90 valence electrons. The summed E-state index contributed by atoms with van der Waals surface area (Å²) >= 11 is 5.63. The number of halogens is 2. The van der Waals surface area contributed by atoms with Crippen LogP contribution in [0.2, 0.25) is 0 Å². The molecule has 1 atom stereocenters. The summed E-state index contributed by atoms with van der Waals surface area (Å²) in [4.78, 5) is 7.76. The number of hydrogen-bond acceptors (Lipinski definition) is 3. The Morgan fingerprint density at radius 1 is 1.50 bits per heavy atom. The molecule has 0 aliphatic rings. The molecule has 0 saturated carbocycles. The minimum Gasteiger partial charge on any atom is -0.367 e. The lowest BCUT2D eigenvalue weighted by atomic mass is 10.1. The zero-order valence-electron chi connectivity index (χ0n) is 9.63. The Kier molecular flexibility index (Phi) is 5.46. The molecule has 5 heteroatoms. The van der Waals surface area contributed by atoms with Gasteiger partial charge in [-0.3, -0.25) is 0 Å². The normalized spacial score (nSPS) is 12.5. The van der Waals surface area contributed by atoms with Crippen LogP contribution in [0.25, 0.3) is 0 Å². The summed E-state index contributed by atoms with van der Waals surface area (Å²) in [5.41, 5.74) is 0.447. The van der Waals surface area contributed by atoms with Crippen LogP contribution in [0.1, 0.15) is 26.0 Å². The zero-order chi connectivity index (χ0) is 12.0. The lowest BCUT2D eigenvalue weighted by Gasteiger charge is -2.12. The maximum atomic E-state index is 13.7. The molecule has 0 bridgehead atoms. The highest BCUT2D eigenvalue weighted by Crippen LogP contribution is 2.14. The van der Waals surface area contributed by atoms with E-state index in [4.69, 9.17) is 11.6 Å². The van der Waals surface area contributed by atoms with Gasteiger partial charge >= 0.3 is 0 Å². The minimum atomic E-state index is -0.344. The van der Waals surface area contributed by atoms with E-state index in [9.17, 15) is 4.39 Å². The first-order valence-electron chi connectivity index (χ1n) is 5.48. The van der Waals surface area contributed by atoms with Crippen molar-refractivity contribution in [2.45, 2.75) is 26.7 Å². The van der Waals surface area contributed by atoms with Crippen LogP contribution < -0.4 is 5.32 Å². The van der Waals surface area contributed by atoms with E-state index in [0.717, 1.165) is 6.42 Å². The molecular weight excluding hydrogens is 229 g/mol. The summed E-state index contributed by atoms with van der Waals surface area (Å²) in [7, 11) is 0. The fourth-order valence-corrected chi connectivity index (χ4v) is 1.71. The predicted molar refractivity (Wildman–Crippen MR) is 64.4 cm³/mol. The Bertz CT molecular complexity index is 333. The Labute approximate surface area is 100 Å². The van der Waals surface area contributed by atoms with E-state index in [1.165, 1.54) is 6.33 Å². The Hall–Kier alpha value is -0.900. The van der Waals surface area contributed by atoms with Gasteiger partial charge in [-0.25, -0.2) is 14.4 Å². The summed E-state index contributed by atoms with van der Waals surface area (Å²) in [6, 6.07) is 0. The highest BCUT2D eigenvalue weighted by Gasteiger charge is 2.10. The molecule has 1 unspecified atom stereocenters. The Morgan fingerprint density at radius 3 is 2.88 bits per heavy atom. The molecule has 0 saturated heterocycles. The SMILES string of the molecule is CCc1ncnc(NCC(C)CCCl)c1F. The van der Waals surface area contributed by atoms with Crippen molar-refractivity contribution in [1.29, 1.82) is 0 Å². The zero-order valence-corrected chi connectivity index (χ0v) is 10.4. The van der Waals surface area contributed by atoms with Crippen LogP contribution >= 0.6 is 11.6 Å². The van der Waals surface area contributed by atoms with Gasteiger partial charge in [0.1, 0.15) is 6.33 Å². The molecule has 0 radical (unpaired) electrons. The van der Waals surface area contributed by atoms with E-state index in [-0.39, 0.29) is 11.6 Å². The van der Waals surface area contributed by atoms with E-state index in [1.807, 2.05) is 6.92 Å². The topological polar surface area (TPSA) is 37.8 Å². The van der Waals surface area contributed by atoms with Crippen molar-refractivity contribution in [3.05, 3.63) is 17.8 Å². The molecule has 1 rings (SSSR count). The van der Waals surface area contributed by atoms with Gasteiger partial charge in [0, 0.05) is 12.4 Å². The molecule has 0 amide bonds. The van der Waals surface area contributed by atoms with E-state index in [0.29, 0.717) is 30.5 Å². The highest BCUT2D eigenvalue weighted by atomic mass is 35.5. The molecule has 0 aromatic carbocycles. The van der Waals surface area contributed by atoms with Gasteiger partial charge in [-0.05, 0) is 18.8 Å². The molecule has 16 heavy (non-hydrogen) atoms. The van der Waals surface area contributed by atoms with E-state index in [1.54, 1.807) is 0 Å². The second-order valence-electron chi connectivity index (χ2n) is 3.80. The lowest BCUT2D eigenvalue weighted by Crippen LogP contribution is -2.14. The first-order chi connectivity index (χ1) is 7.69. The molecule has 1 aromatic heterocycles. The van der Waals surface area contributed by atoms with Crippen molar-refractivity contribution in [3.8, 4) is 0 Å². The van der Waals surface area contributed by atoms with Crippen molar-refractivity contribution < 1.29 is 4.39 Å². The number of hydrogen-bond donors (Lipinski definition) is 1. The molecule has 1 aromatic rings. The minimum absolute atomic E-state index is 0.285. The van der Waals surface area contributed by atoms with Crippen LogP contribution in [0.15, 0.2) is 6.33 Å². The van der Waals surface area contributed by atoms with Crippen LogP contribution in [0.3, 0.4) is 0 Å². The summed E-state index contributed by atoms with van der Waals surface area (Å²) in [6.07, 6.45) is 2.86. The third kappa shape index (κ3) is 3.59. The van der Waals surface area contributed by atoms with Crippen LogP contribution in [-0.4, -0.2) is 22.4 Å².